The van der Waals surface area contributed by atoms with Crippen molar-refractivity contribution in [2.45, 2.75) is 12.8 Å². The molecule has 1 atom stereocenters. The molecule has 2 aromatic rings. The van der Waals surface area contributed by atoms with Crippen LogP contribution < -0.4 is 4.74 Å². The fraction of sp³-hybridized carbons (Fsp3) is 0.294. The summed E-state index contributed by atoms with van der Waals surface area (Å²) in [5, 5.41) is 2.38. The fourth-order valence-corrected chi connectivity index (χ4v) is 3.30. The summed E-state index contributed by atoms with van der Waals surface area (Å²) in [4.78, 5) is 0. The quantitative estimate of drug-likeness (QED) is 0.569. The number of rotatable bonds is 6. The number of ether oxygens (including phenoxy) is 1. The lowest BCUT2D eigenvalue weighted by atomic mass is 9.94. The molecule has 1 nitrogen and oxygen atoms in total. The molecule has 0 aromatic heterocycles. The van der Waals surface area contributed by atoms with Crippen LogP contribution in [0.25, 0.3) is 0 Å². The first-order valence-electron chi connectivity index (χ1n) is 6.75. The van der Waals surface area contributed by atoms with Crippen LogP contribution >= 0.6 is 39.1 Å². The van der Waals surface area contributed by atoms with Gasteiger partial charge in [-0.05, 0) is 54.2 Å². The molecule has 112 valence electrons. The first kappa shape index (κ1) is 16.7. The number of halogens is 3. The van der Waals surface area contributed by atoms with E-state index < -0.39 is 0 Å². The maximum atomic E-state index is 6.26. The highest BCUT2D eigenvalue weighted by atomic mass is 79.9. The summed E-state index contributed by atoms with van der Waals surface area (Å²) in [6, 6.07) is 13.8. The Hall–Kier alpha value is -0.700. The molecule has 2 aromatic carbocycles. The Kier molecular flexibility index (Phi) is 6.40. The van der Waals surface area contributed by atoms with Crippen molar-refractivity contribution in [1.29, 1.82) is 0 Å². The van der Waals surface area contributed by atoms with Gasteiger partial charge in [-0.3, -0.25) is 0 Å². The smallest absolute Gasteiger partial charge is 0.118 e. The highest BCUT2D eigenvalue weighted by Crippen LogP contribution is 2.28. The second-order valence-corrected chi connectivity index (χ2v) is 6.44. The molecule has 4 heteroatoms. The van der Waals surface area contributed by atoms with Crippen molar-refractivity contribution >= 4 is 39.1 Å². The molecule has 0 spiro atoms. The van der Waals surface area contributed by atoms with E-state index in [0.717, 1.165) is 39.5 Å². The van der Waals surface area contributed by atoms with Gasteiger partial charge in [-0.25, -0.2) is 0 Å². The lowest BCUT2D eigenvalue weighted by molar-refractivity contribution is 0.414. The van der Waals surface area contributed by atoms with Gasteiger partial charge in [-0.15, -0.1) is 0 Å². The van der Waals surface area contributed by atoms with E-state index in [0.29, 0.717) is 5.92 Å². The molecule has 0 fully saturated rings. The Morgan fingerprint density at radius 1 is 1.00 bits per heavy atom. The van der Waals surface area contributed by atoms with E-state index in [1.165, 1.54) is 5.56 Å². The van der Waals surface area contributed by atoms with Crippen molar-refractivity contribution in [1.82, 2.24) is 0 Å². The SMILES string of the molecule is COc1ccc(CC(CBr)Cc2c(Cl)cccc2Cl)cc1. The second kappa shape index (κ2) is 8.07. The van der Waals surface area contributed by atoms with Gasteiger partial charge in [-0.1, -0.05) is 57.3 Å². The summed E-state index contributed by atoms with van der Waals surface area (Å²) in [5.74, 6) is 1.32. The van der Waals surface area contributed by atoms with E-state index >= 15 is 0 Å². The predicted octanol–water partition coefficient (Wildman–Crippen LogP) is 5.80. The fourth-order valence-electron chi connectivity index (χ4n) is 2.29. The van der Waals surface area contributed by atoms with Crippen LogP contribution in [0.5, 0.6) is 5.75 Å². The Morgan fingerprint density at radius 3 is 2.14 bits per heavy atom. The summed E-state index contributed by atoms with van der Waals surface area (Å²) in [6.45, 7) is 0. The zero-order chi connectivity index (χ0) is 15.2. The monoisotopic (exact) mass is 386 g/mol. The van der Waals surface area contributed by atoms with Crippen LogP contribution in [0, 0.1) is 5.92 Å². The average molecular weight is 388 g/mol. The van der Waals surface area contributed by atoms with E-state index in [2.05, 4.69) is 28.1 Å². The molecule has 0 bridgehead atoms. The number of hydrogen-bond donors (Lipinski definition) is 0. The summed E-state index contributed by atoms with van der Waals surface area (Å²) in [6.07, 6.45) is 1.83. The van der Waals surface area contributed by atoms with Crippen LogP contribution in [0.1, 0.15) is 11.1 Å². The highest BCUT2D eigenvalue weighted by Gasteiger charge is 2.14. The molecular formula is C17H17BrCl2O. The zero-order valence-corrected chi connectivity index (χ0v) is 14.9. The van der Waals surface area contributed by atoms with Crippen LogP contribution in [0.2, 0.25) is 10.0 Å². The highest BCUT2D eigenvalue weighted by molar-refractivity contribution is 9.09. The van der Waals surface area contributed by atoms with Crippen molar-refractivity contribution in [3.63, 3.8) is 0 Å². The predicted molar refractivity (Wildman–Crippen MR) is 94.1 cm³/mol. The molecule has 0 N–H and O–H groups in total. The Bertz CT molecular complexity index is 564. The molecule has 0 aliphatic heterocycles. The van der Waals surface area contributed by atoms with Gasteiger partial charge >= 0.3 is 0 Å². The lowest BCUT2D eigenvalue weighted by Gasteiger charge is -2.16. The summed E-state index contributed by atoms with van der Waals surface area (Å²) in [5.41, 5.74) is 2.31. The summed E-state index contributed by atoms with van der Waals surface area (Å²) < 4.78 is 5.18. The van der Waals surface area contributed by atoms with Gasteiger partial charge in [0.25, 0.3) is 0 Å². The molecule has 0 amide bonds. The molecule has 0 heterocycles. The Balaban J connectivity index is 2.09. The van der Waals surface area contributed by atoms with Crippen LogP contribution in [0.4, 0.5) is 0 Å². The van der Waals surface area contributed by atoms with Gasteiger partial charge in [-0.2, -0.15) is 0 Å². The molecular weight excluding hydrogens is 371 g/mol. The number of alkyl halides is 1. The van der Waals surface area contributed by atoms with Gasteiger partial charge in [0.2, 0.25) is 0 Å². The Labute approximate surface area is 144 Å². The molecule has 0 saturated heterocycles. The first-order chi connectivity index (χ1) is 10.1. The van der Waals surface area contributed by atoms with Crippen molar-refractivity contribution < 1.29 is 4.74 Å². The van der Waals surface area contributed by atoms with Gasteiger partial charge in [0, 0.05) is 15.4 Å². The average Bonchev–Trinajstić information content (AvgIpc) is 2.50. The van der Waals surface area contributed by atoms with Crippen molar-refractivity contribution in [3.05, 3.63) is 63.6 Å². The third-order valence-electron chi connectivity index (χ3n) is 3.46. The molecule has 21 heavy (non-hydrogen) atoms. The maximum Gasteiger partial charge on any atom is 0.118 e. The van der Waals surface area contributed by atoms with Crippen LogP contribution in [-0.4, -0.2) is 12.4 Å². The molecule has 0 aliphatic rings. The summed E-state index contributed by atoms with van der Waals surface area (Å²) >= 11 is 16.1. The van der Waals surface area contributed by atoms with Crippen molar-refractivity contribution in [3.8, 4) is 5.75 Å². The van der Waals surface area contributed by atoms with Crippen molar-refractivity contribution in [2.24, 2.45) is 5.92 Å². The van der Waals surface area contributed by atoms with Crippen molar-refractivity contribution in [2.75, 3.05) is 12.4 Å². The number of methoxy groups -OCH3 is 1. The maximum absolute atomic E-state index is 6.26. The number of hydrogen-bond acceptors (Lipinski definition) is 1. The Morgan fingerprint density at radius 2 is 1.62 bits per heavy atom. The standard InChI is InChI=1S/C17H17BrCl2O/c1-21-14-7-5-12(6-8-14)9-13(11-18)10-15-16(19)3-2-4-17(15)20/h2-8,13H,9-11H2,1H3. The largest absolute Gasteiger partial charge is 0.497 e. The lowest BCUT2D eigenvalue weighted by Crippen LogP contribution is -2.10. The first-order valence-corrected chi connectivity index (χ1v) is 8.63. The van der Waals surface area contributed by atoms with Crippen LogP contribution in [0.3, 0.4) is 0 Å². The molecule has 2 rings (SSSR count). The van der Waals surface area contributed by atoms with E-state index in [4.69, 9.17) is 27.9 Å². The minimum absolute atomic E-state index is 0.441. The van der Waals surface area contributed by atoms with E-state index in [1.807, 2.05) is 30.3 Å². The van der Waals surface area contributed by atoms with Gasteiger partial charge in [0.1, 0.15) is 5.75 Å². The van der Waals surface area contributed by atoms with Crippen LogP contribution in [0.15, 0.2) is 42.5 Å². The molecule has 0 radical (unpaired) electrons. The topological polar surface area (TPSA) is 9.23 Å². The molecule has 0 saturated carbocycles. The van der Waals surface area contributed by atoms with Crippen LogP contribution in [-0.2, 0) is 12.8 Å². The number of benzene rings is 2. The minimum Gasteiger partial charge on any atom is -0.497 e. The van der Waals surface area contributed by atoms with Gasteiger partial charge < -0.3 is 4.74 Å². The molecule has 1 unspecified atom stereocenters. The zero-order valence-electron chi connectivity index (χ0n) is 11.8. The third-order valence-corrected chi connectivity index (χ3v) is 5.08. The van der Waals surface area contributed by atoms with Gasteiger partial charge in [0.15, 0.2) is 0 Å². The minimum atomic E-state index is 0.441. The van der Waals surface area contributed by atoms with E-state index in [-0.39, 0.29) is 0 Å². The normalized spacial score (nSPS) is 12.2. The van der Waals surface area contributed by atoms with E-state index in [9.17, 15) is 0 Å². The van der Waals surface area contributed by atoms with Gasteiger partial charge in [0.05, 0.1) is 7.11 Å². The third kappa shape index (κ3) is 4.64. The second-order valence-electron chi connectivity index (χ2n) is 4.98. The summed E-state index contributed by atoms with van der Waals surface area (Å²) in [7, 11) is 1.68. The molecule has 0 aliphatic carbocycles. The van der Waals surface area contributed by atoms with E-state index in [1.54, 1.807) is 7.11 Å².